The molecular weight excluding hydrogens is 329 g/mol. The highest BCUT2D eigenvalue weighted by Gasteiger charge is 2.12. The molecule has 3 nitrogen and oxygen atoms in total. The maximum atomic E-state index is 12.9. The zero-order valence-electron chi connectivity index (χ0n) is 14.1. The zero-order chi connectivity index (χ0) is 17.4. The summed E-state index contributed by atoms with van der Waals surface area (Å²) in [5.74, 6) is 1.17. The van der Waals surface area contributed by atoms with E-state index in [2.05, 4.69) is 12.2 Å². The van der Waals surface area contributed by atoms with Crippen molar-refractivity contribution in [3.8, 4) is 11.5 Å². The number of hydrogen-bond donors (Lipinski definition) is 1. The minimum Gasteiger partial charge on any atom is -0.493 e. The van der Waals surface area contributed by atoms with Gasteiger partial charge in [-0.3, -0.25) is 0 Å². The van der Waals surface area contributed by atoms with Gasteiger partial charge in [0.25, 0.3) is 0 Å². The molecule has 2 aromatic rings. The van der Waals surface area contributed by atoms with Crippen molar-refractivity contribution in [2.75, 3.05) is 20.3 Å². The quantitative estimate of drug-likeness (QED) is 0.669. The highest BCUT2D eigenvalue weighted by atomic mass is 35.5. The van der Waals surface area contributed by atoms with Gasteiger partial charge in [-0.15, -0.1) is 0 Å². The molecule has 1 N–H and O–H groups in total. The van der Waals surface area contributed by atoms with Crippen LogP contribution in [0, 0.1) is 5.82 Å². The molecule has 0 fully saturated rings. The summed E-state index contributed by atoms with van der Waals surface area (Å²) in [6.07, 6.45) is 1.74. The third-order valence-corrected chi connectivity index (χ3v) is 3.80. The Morgan fingerprint density at radius 2 is 1.92 bits per heavy atom. The highest BCUT2D eigenvalue weighted by molar-refractivity contribution is 6.30. The Hall–Kier alpha value is -1.78. The van der Waals surface area contributed by atoms with Gasteiger partial charge in [-0.05, 0) is 43.1 Å². The van der Waals surface area contributed by atoms with E-state index in [1.54, 1.807) is 25.3 Å². The van der Waals surface area contributed by atoms with Crippen LogP contribution in [-0.2, 0) is 13.0 Å². The fourth-order valence-corrected chi connectivity index (χ4v) is 2.61. The predicted molar refractivity (Wildman–Crippen MR) is 95.6 cm³/mol. The Labute approximate surface area is 147 Å². The van der Waals surface area contributed by atoms with Crippen LogP contribution >= 0.6 is 11.6 Å². The fourth-order valence-electron chi connectivity index (χ4n) is 2.38. The number of hydrogen-bond acceptors (Lipinski definition) is 3. The van der Waals surface area contributed by atoms with Crippen molar-refractivity contribution in [1.82, 2.24) is 5.32 Å². The maximum Gasteiger partial charge on any atom is 0.165 e. The van der Waals surface area contributed by atoms with Gasteiger partial charge in [-0.1, -0.05) is 30.7 Å². The minimum absolute atomic E-state index is 0.213. The van der Waals surface area contributed by atoms with Crippen LogP contribution in [0.3, 0.4) is 0 Å². The molecule has 5 heteroatoms. The largest absolute Gasteiger partial charge is 0.493 e. The molecule has 0 aliphatic carbocycles. The molecule has 24 heavy (non-hydrogen) atoms. The number of nitrogens with one attached hydrogen (secondary N) is 1. The van der Waals surface area contributed by atoms with E-state index in [-0.39, 0.29) is 5.82 Å². The Bertz CT molecular complexity index is 647. The summed E-state index contributed by atoms with van der Waals surface area (Å²) in [4.78, 5) is 0. The number of rotatable bonds is 9. The lowest BCUT2D eigenvalue weighted by molar-refractivity contribution is 0.290. The van der Waals surface area contributed by atoms with Crippen LogP contribution in [0.5, 0.6) is 11.5 Å². The van der Waals surface area contributed by atoms with Crippen LogP contribution in [0.25, 0.3) is 0 Å². The van der Waals surface area contributed by atoms with Crippen molar-refractivity contribution in [3.05, 3.63) is 58.4 Å². The van der Waals surface area contributed by atoms with Gasteiger partial charge in [0.15, 0.2) is 11.5 Å². The summed E-state index contributed by atoms with van der Waals surface area (Å²) in [7, 11) is 1.61. The minimum atomic E-state index is -0.213. The molecule has 2 rings (SSSR count). The van der Waals surface area contributed by atoms with Crippen LogP contribution in [0.15, 0.2) is 36.4 Å². The highest BCUT2D eigenvalue weighted by Crippen LogP contribution is 2.34. The third-order valence-electron chi connectivity index (χ3n) is 3.59. The number of methoxy groups -OCH3 is 1. The van der Waals surface area contributed by atoms with Crippen molar-refractivity contribution in [1.29, 1.82) is 0 Å². The lowest BCUT2D eigenvalue weighted by Crippen LogP contribution is -2.17. The van der Waals surface area contributed by atoms with Gasteiger partial charge in [0.05, 0.1) is 13.7 Å². The molecule has 0 saturated carbocycles. The van der Waals surface area contributed by atoms with Gasteiger partial charge in [-0.25, -0.2) is 4.39 Å². The SMILES string of the molecule is CCCOc1c(CNCCc2ccc(F)cc2)cc(Cl)cc1OC. The van der Waals surface area contributed by atoms with Crippen molar-refractivity contribution in [2.45, 2.75) is 26.3 Å². The second-order valence-electron chi connectivity index (χ2n) is 5.50. The molecule has 0 aliphatic rings. The van der Waals surface area contributed by atoms with E-state index < -0.39 is 0 Å². The molecule has 2 aromatic carbocycles. The molecule has 0 aliphatic heterocycles. The van der Waals surface area contributed by atoms with Gasteiger partial charge in [0.1, 0.15) is 5.82 Å². The lowest BCUT2D eigenvalue weighted by atomic mass is 10.1. The summed E-state index contributed by atoms with van der Waals surface area (Å²) in [5.41, 5.74) is 2.06. The normalized spacial score (nSPS) is 10.7. The summed E-state index contributed by atoms with van der Waals surface area (Å²) in [5, 5.41) is 3.99. The van der Waals surface area contributed by atoms with Crippen molar-refractivity contribution < 1.29 is 13.9 Å². The van der Waals surface area contributed by atoms with Crippen LogP contribution in [0.2, 0.25) is 5.02 Å². The molecule has 0 heterocycles. The van der Waals surface area contributed by atoms with Gasteiger partial charge < -0.3 is 14.8 Å². The molecular formula is C19H23ClFNO2. The van der Waals surface area contributed by atoms with Gasteiger partial charge in [0.2, 0.25) is 0 Å². The van der Waals surface area contributed by atoms with Crippen LogP contribution in [0.4, 0.5) is 4.39 Å². The maximum absolute atomic E-state index is 12.9. The Morgan fingerprint density at radius 3 is 2.58 bits per heavy atom. The Balaban J connectivity index is 1.97. The number of benzene rings is 2. The number of ether oxygens (including phenoxy) is 2. The van der Waals surface area contributed by atoms with Gasteiger partial charge in [0, 0.05) is 23.2 Å². The lowest BCUT2D eigenvalue weighted by Gasteiger charge is -2.16. The van der Waals surface area contributed by atoms with Crippen molar-refractivity contribution in [3.63, 3.8) is 0 Å². The molecule has 0 saturated heterocycles. The topological polar surface area (TPSA) is 30.5 Å². The van der Waals surface area contributed by atoms with E-state index in [1.807, 2.05) is 6.07 Å². The molecule has 0 atom stereocenters. The molecule has 130 valence electrons. The molecule has 0 spiro atoms. The molecule has 0 unspecified atom stereocenters. The van der Waals surface area contributed by atoms with E-state index in [0.29, 0.717) is 23.9 Å². The second kappa shape index (κ2) is 9.50. The zero-order valence-corrected chi connectivity index (χ0v) is 14.8. The van der Waals surface area contributed by atoms with Crippen LogP contribution < -0.4 is 14.8 Å². The van der Waals surface area contributed by atoms with E-state index in [9.17, 15) is 4.39 Å². The van der Waals surface area contributed by atoms with Crippen LogP contribution in [0.1, 0.15) is 24.5 Å². The summed E-state index contributed by atoms with van der Waals surface area (Å²) >= 11 is 6.16. The first-order valence-electron chi connectivity index (χ1n) is 8.08. The predicted octanol–water partition coefficient (Wildman–Crippen LogP) is 4.61. The molecule has 0 aromatic heterocycles. The average Bonchev–Trinajstić information content (AvgIpc) is 2.58. The van der Waals surface area contributed by atoms with Crippen molar-refractivity contribution in [2.24, 2.45) is 0 Å². The number of halogens is 2. The first-order chi connectivity index (χ1) is 11.6. The third kappa shape index (κ3) is 5.39. The first-order valence-corrected chi connectivity index (χ1v) is 8.46. The molecule has 0 bridgehead atoms. The molecule has 0 radical (unpaired) electrons. The Kier molecular flexibility index (Phi) is 7.35. The smallest absolute Gasteiger partial charge is 0.165 e. The van der Waals surface area contributed by atoms with E-state index in [0.717, 1.165) is 36.3 Å². The van der Waals surface area contributed by atoms with Crippen molar-refractivity contribution >= 4 is 11.6 Å². The van der Waals surface area contributed by atoms with E-state index in [4.69, 9.17) is 21.1 Å². The van der Waals surface area contributed by atoms with E-state index in [1.165, 1.54) is 12.1 Å². The monoisotopic (exact) mass is 351 g/mol. The standard InChI is InChI=1S/C19H23ClFNO2/c1-3-10-24-19-15(11-16(20)12-18(19)23-2)13-22-9-8-14-4-6-17(21)7-5-14/h4-7,11-12,22H,3,8-10,13H2,1-2H3. The fraction of sp³-hybridized carbons (Fsp3) is 0.368. The first kappa shape index (κ1) is 18.6. The Morgan fingerprint density at radius 1 is 1.17 bits per heavy atom. The van der Waals surface area contributed by atoms with Gasteiger partial charge >= 0.3 is 0 Å². The van der Waals surface area contributed by atoms with Crippen LogP contribution in [-0.4, -0.2) is 20.3 Å². The second-order valence-corrected chi connectivity index (χ2v) is 5.93. The van der Waals surface area contributed by atoms with E-state index >= 15 is 0 Å². The summed E-state index contributed by atoms with van der Waals surface area (Å²) in [6, 6.07) is 10.2. The average molecular weight is 352 g/mol. The summed E-state index contributed by atoms with van der Waals surface area (Å²) < 4.78 is 24.1. The van der Waals surface area contributed by atoms with Gasteiger partial charge in [-0.2, -0.15) is 0 Å². The molecule has 0 amide bonds. The summed E-state index contributed by atoms with van der Waals surface area (Å²) in [6.45, 7) is 4.08.